The molecule has 1 aromatic carbocycles. The molecule has 0 spiro atoms. The van der Waals surface area contributed by atoms with Crippen molar-refractivity contribution >= 4 is 5.91 Å². The molecule has 0 unspecified atom stereocenters. The first-order valence-corrected chi connectivity index (χ1v) is 5.48. The molecule has 0 fully saturated rings. The molecule has 1 rings (SSSR count). The minimum absolute atomic E-state index is 0.0803. The molecule has 1 aromatic rings. The average Bonchev–Trinajstić information content (AvgIpc) is 2.29. The van der Waals surface area contributed by atoms with E-state index in [0.717, 1.165) is 6.42 Å². The molecule has 92 valence electrons. The fourth-order valence-corrected chi connectivity index (χ4v) is 1.22. The van der Waals surface area contributed by atoms with Gasteiger partial charge < -0.3 is 10.1 Å². The zero-order valence-corrected chi connectivity index (χ0v) is 9.62. The highest BCUT2D eigenvalue weighted by Crippen LogP contribution is 2.11. The first kappa shape index (κ1) is 13.2. The van der Waals surface area contributed by atoms with Crippen LogP contribution in [0.15, 0.2) is 36.9 Å². The lowest BCUT2D eigenvalue weighted by molar-refractivity contribution is -0.121. The summed E-state index contributed by atoms with van der Waals surface area (Å²) in [5, 5.41) is 2.72. The van der Waals surface area contributed by atoms with E-state index in [1.54, 1.807) is 18.2 Å². The van der Waals surface area contributed by atoms with Crippen molar-refractivity contribution in [3.05, 3.63) is 42.7 Å². The molecular formula is C13H16FNO2. The number of hydrogen-bond acceptors (Lipinski definition) is 2. The van der Waals surface area contributed by atoms with Gasteiger partial charge in [0, 0.05) is 12.6 Å². The third-order valence-electron chi connectivity index (χ3n) is 2.06. The molecule has 0 heterocycles. The molecular weight excluding hydrogens is 221 g/mol. The van der Waals surface area contributed by atoms with E-state index in [4.69, 9.17) is 4.74 Å². The molecule has 0 aliphatic heterocycles. The number of rotatable bonds is 7. The highest BCUT2D eigenvalue weighted by molar-refractivity contribution is 5.75. The van der Waals surface area contributed by atoms with Crippen LogP contribution in [0.2, 0.25) is 0 Å². The van der Waals surface area contributed by atoms with Crippen molar-refractivity contribution in [2.45, 2.75) is 12.8 Å². The van der Waals surface area contributed by atoms with Crippen LogP contribution in [-0.4, -0.2) is 19.1 Å². The summed E-state index contributed by atoms with van der Waals surface area (Å²) in [5.41, 5.74) is 0. The van der Waals surface area contributed by atoms with Crippen molar-refractivity contribution in [1.29, 1.82) is 0 Å². The Labute approximate surface area is 100 Å². The fourth-order valence-electron chi connectivity index (χ4n) is 1.22. The summed E-state index contributed by atoms with van der Waals surface area (Å²) < 4.78 is 18.0. The van der Waals surface area contributed by atoms with Crippen molar-refractivity contribution in [2.75, 3.05) is 13.2 Å². The molecule has 17 heavy (non-hydrogen) atoms. The minimum atomic E-state index is -0.349. The normalized spacial score (nSPS) is 9.71. The number of carbonyl (C=O) groups is 1. The van der Waals surface area contributed by atoms with Crippen LogP contribution in [0.25, 0.3) is 0 Å². The van der Waals surface area contributed by atoms with Crippen LogP contribution in [0, 0.1) is 5.82 Å². The quantitative estimate of drug-likeness (QED) is 0.583. The summed E-state index contributed by atoms with van der Waals surface area (Å²) in [6.45, 7) is 4.38. The maximum atomic E-state index is 12.8. The number of nitrogens with one attached hydrogen (secondary N) is 1. The molecule has 0 aliphatic carbocycles. The Morgan fingerprint density at radius 2 is 2.35 bits per heavy atom. The minimum Gasteiger partial charge on any atom is -0.493 e. The second kappa shape index (κ2) is 7.44. The van der Waals surface area contributed by atoms with E-state index in [9.17, 15) is 9.18 Å². The zero-order chi connectivity index (χ0) is 12.5. The first-order chi connectivity index (χ1) is 8.22. The van der Waals surface area contributed by atoms with Crippen LogP contribution in [0.3, 0.4) is 0 Å². The maximum Gasteiger partial charge on any atom is 0.223 e. The Balaban J connectivity index is 2.19. The Morgan fingerprint density at radius 1 is 1.53 bits per heavy atom. The number of ether oxygens (including phenoxy) is 1. The van der Waals surface area contributed by atoms with E-state index in [1.807, 2.05) is 0 Å². The fraction of sp³-hybridized carbons (Fsp3) is 0.308. The van der Waals surface area contributed by atoms with Crippen LogP contribution in [0.5, 0.6) is 5.75 Å². The Morgan fingerprint density at radius 3 is 3.06 bits per heavy atom. The van der Waals surface area contributed by atoms with Gasteiger partial charge in [-0.2, -0.15) is 0 Å². The van der Waals surface area contributed by atoms with Crippen LogP contribution < -0.4 is 10.1 Å². The van der Waals surface area contributed by atoms with Crippen LogP contribution >= 0.6 is 0 Å². The van der Waals surface area contributed by atoms with Gasteiger partial charge in [0.25, 0.3) is 0 Å². The van der Waals surface area contributed by atoms with Crippen molar-refractivity contribution < 1.29 is 13.9 Å². The Kier molecular flexibility index (Phi) is 5.79. The summed E-state index contributed by atoms with van der Waals surface area (Å²) in [6.07, 6.45) is 2.74. The average molecular weight is 237 g/mol. The van der Waals surface area contributed by atoms with Gasteiger partial charge in [0.05, 0.1) is 13.0 Å². The largest absolute Gasteiger partial charge is 0.493 e. The second-order valence-corrected chi connectivity index (χ2v) is 3.48. The standard InChI is InChI=1S/C13H16FNO2/c1-2-3-8-15-13(16)7-9-17-12-6-4-5-11(14)10-12/h2,4-6,10H,1,3,7-9H2,(H,15,16). The van der Waals surface area contributed by atoms with Gasteiger partial charge in [-0.15, -0.1) is 6.58 Å². The van der Waals surface area contributed by atoms with Gasteiger partial charge >= 0.3 is 0 Å². The smallest absolute Gasteiger partial charge is 0.223 e. The molecule has 0 atom stereocenters. The molecule has 1 amide bonds. The molecule has 4 heteroatoms. The molecule has 0 bridgehead atoms. The van der Waals surface area contributed by atoms with Crippen LogP contribution in [0.4, 0.5) is 4.39 Å². The van der Waals surface area contributed by atoms with E-state index < -0.39 is 0 Å². The topological polar surface area (TPSA) is 38.3 Å². The highest BCUT2D eigenvalue weighted by Gasteiger charge is 2.01. The van der Waals surface area contributed by atoms with E-state index in [2.05, 4.69) is 11.9 Å². The lowest BCUT2D eigenvalue weighted by Gasteiger charge is -2.06. The third-order valence-corrected chi connectivity index (χ3v) is 2.06. The third kappa shape index (κ3) is 5.70. The van der Waals surface area contributed by atoms with E-state index >= 15 is 0 Å². The molecule has 0 radical (unpaired) electrons. The van der Waals surface area contributed by atoms with Gasteiger partial charge in [-0.05, 0) is 18.6 Å². The number of benzene rings is 1. The van der Waals surface area contributed by atoms with E-state index in [-0.39, 0.29) is 24.8 Å². The van der Waals surface area contributed by atoms with Gasteiger partial charge in [-0.3, -0.25) is 4.79 Å². The Bertz CT molecular complexity index is 379. The summed E-state index contributed by atoms with van der Waals surface area (Å²) in [7, 11) is 0. The molecule has 0 saturated heterocycles. The van der Waals surface area contributed by atoms with Crippen molar-refractivity contribution in [1.82, 2.24) is 5.32 Å². The number of carbonyl (C=O) groups excluding carboxylic acids is 1. The predicted octanol–water partition coefficient (Wildman–Crippen LogP) is 2.29. The lowest BCUT2D eigenvalue weighted by Crippen LogP contribution is -2.25. The van der Waals surface area contributed by atoms with Crippen molar-refractivity contribution in [2.24, 2.45) is 0 Å². The van der Waals surface area contributed by atoms with Gasteiger partial charge in [0.1, 0.15) is 11.6 Å². The molecule has 0 saturated carbocycles. The number of amides is 1. The van der Waals surface area contributed by atoms with Crippen molar-refractivity contribution in [3.8, 4) is 5.75 Å². The highest BCUT2D eigenvalue weighted by atomic mass is 19.1. The lowest BCUT2D eigenvalue weighted by atomic mass is 10.3. The summed E-state index contributed by atoms with van der Waals surface area (Å²) in [6, 6.07) is 5.85. The molecule has 1 N–H and O–H groups in total. The molecule has 3 nitrogen and oxygen atoms in total. The van der Waals surface area contributed by atoms with Crippen LogP contribution in [-0.2, 0) is 4.79 Å². The van der Waals surface area contributed by atoms with Gasteiger partial charge in [-0.1, -0.05) is 12.1 Å². The van der Waals surface area contributed by atoms with E-state index in [1.165, 1.54) is 12.1 Å². The summed E-state index contributed by atoms with van der Waals surface area (Å²) in [4.78, 5) is 11.3. The first-order valence-electron chi connectivity index (χ1n) is 5.48. The summed E-state index contributed by atoms with van der Waals surface area (Å²) >= 11 is 0. The van der Waals surface area contributed by atoms with Gasteiger partial charge in [-0.25, -0.2) is 4.39 Å². The summed E-state index contributed by atoms with van der Waals surface area (Å²) in [5.74, 6) is 0.00470. The number of hydrogen-bond donors (Lipinski definition) is 1. The second-order valence-electron chi connectivity index (χ2n) is 3.48. The predicted molar refractivity (Wildman–Crippen MR) is 64.3 cm³/mol. The SMILES string of the molecule is C=CCCNC(=O)CCOc1cccc(F)c1. The van der Waals surface area contributed by atoms with Gasteiger partial charge in [0.15, 0.2) is 0 Å². The van der Waals surface area contributed by atoms with Crippen molar-refractivity contribution in [3.63, 3.8) is 0 Å². The number of halogens is 1. The maximum absolute atomic E-state index is 12.8. The van der Waals surface area contributed by atoms with Crippen LogP contribution in [0.1, 0.15) is 12.8 Å². The molecule has 0 aromatic heterocycles. The van der Waals surface area contributed by atoms with Gasteiger partial charge in [0.2, 0.25) is 5.91 Å². The monoisotopic (exact) mass is 237 g/mol. The molecule has 0 aliphatic rings. The zero-order valence-electron chi connectivity index (χ0n) is 9.62. The Hall–Kier alpha value is -1.84. The van der Waals surface area contributed by atoms with E-state index in [0.29, 0.717) is 12.3 Å².